The van der Waals surface area contributed by atoms with E-state index in [2.05, 4.69) is 61.9 Å². The van der Waals surface area contributed by atoms with Crippen molar-refractivity contribution in [2.75, 3.05) is 45.2 Å². The molecule has 0 amide bonds. The van der Waals surface area contributed by atoms with Gasteiger partial charge in [-0.2, -0.15) is 4.98 Å². The number of aromatic hydroxyl groups is 1. The molecule has 0 aliphatic rings. The highest BCUT2D eigenvalue weighted by molar-refractivity contribution is 5.61. The highest BCUT2D eigenvalue weighted by Gasteiger charge is 2.18. The van der Waals surface area contributed by atoms with E-state index >= 15 is 0 Å². The highest BCUT2D eigenvalue weighted by Crippen LogP contribution is 2.26. The number of ether oxygens (including phenoxy) is 1. The molecule has 0 aliphatic carbocycles. The lowest BCUT2D eigenvalue weighted by Gasteiger charge is -2.25. The monoisotopic (exact) mass is 562 g/mol. The van der Waals surface area contributed by atoms with Crippen molar-refractivity contribution in [2.45, 2.75) is 59.8 Å². The van der Waals surface area contributed by atoms with Crippen LogP contribution in [0.3, 0.4) is 0 Å². The molecule has 4 rings (SSSR count). The number of hydrogen-bond donors (Lipinski definition) is 2. The first-order valence-electron chi connectivity index (χ1n) is 14.4. The van der Waals surface area contributed by atoms with Gasteiger partial charge in [0.05, 0.1) is 6.61 Å². The summed E-state index contributed by atoms with van der Waals surface area (Å²) in [6, 6.07) is 15.1. The van der Waals surface area contributed by atoms with Crippen LogP contribution in [-0.2, 0) is 5.41 Å². The molecule has 9 heteroatoms. The van der Waals surface area contributed by atoms with Crippen LogP contribution in [0, 0.1) is 6.92 Å². The summed E-state index contributed by atoms with van der Waals surface area (Å²) in [6.45, 7) is 15.3. The van der Waals surface area contributed by atoms with Gasteiger partial charge in [0, 0.05) is 24.7 Å². The molecule has 0 spiro atoms. The van der Waals surface area contributed by atoms with Gasteiger partial charge in [-0.3, -0.25) is 9.89 Å². The first-order chi connectivity index (χ1) is 19.5. The van der Waals surface area contributed by atoms with Gasteiger partial charge < -0.3 is 19.6 Å². The fourth-order valence-corrected chi connectivity index (χ4v) is 4.41. The Morgan fingerprint density at radius 3 is 2.27 bits per heavy atom. The minimum Gasteiger partial charge on any atom is -0.508 e. The third kappa shape index (κ3) is 8.57. The molecular weight excluding hydrogens is 516 g/mol. The molecule has 2 heterocycles. The SMILES string of the molecule is CC.Cc1cc(OCCCN(CCCN(C)C)c2nc(-c3ccc(C(C)(C)C)cc3)nc3cc(=O)[nH]n23)ccc1O. The van der Waals surface area contributed by atoms with Gasteiger partial charge in [-0.15, -0.1) is 0 Å². The minimum absolute atomic E-state index is 0.0482. The molecule has 0 unspecified atom stereocenters. The van der Waals surface area contributed by atoms with Gasteiger partial charge in [-0.25, -0.2) is 9.50 Å². The average Bonchev–Trinajstić information content (AvgIpc) is 3.32. The van der Waals surface area contributed by atoms with Crippen LogP contribution < -0.4 is 15.2 Å². The van der Waals surface area contributed by atoms with Gasteiger partial charge in [0.2, 0.25) is 5.95 Å². The lowest BCUT2D eigenvalue weighted by molar-refractivity contribution is 0.310. The summed E-state index contributed by atoms with van der Waals surface area (Å²) < 4.78 is 7.63. The number of phenolic OH excluding ortho intramolecular Hbond substituents is 1. The number of aromatic nitrogens is 4. The van der Waals surface area contributed by atoms with Crippen LogP contribution in [0.5, 0.6) is 11.5 Å². The predicted molar refractivity (Wildman–Crippen MR) is 167 cm³/mol. The second-order valence-electron chi connectivity index (χ2n) is 11.3. The zero-order valence-electron chi connectivity index (χ0n) is 25.9. The molecule has 0 bridgehead atoms. The molecule has 0 atom stereocenters. The van der Waals surface area contributed by atoms with Crippen molar-refractivity contribution >= 4 is 11.6 Å². The summed E-state index contributed by atoms with van der Waals surface area (Å²) in [6.07, 6.45) is 1.67. The zero-order chi connectivity index (χ0) is 30.2. The van der Waals surface area contributed by atoms with E-state index in [0.717, 1.165) is 42.8 Å². The van der Waals surface area contributed by atoms with Crippen LogP contribution in [0.15, 0.2) is 53.3 Å². The topological polar surface area (TPSA) is 99.0 Å². The van der Waals surface area contributed by atoms with Crippen molar-refractivity contribution in [2.24, 2.45) is 0 Å². The van der Waals surface area contributed by atoms with Gasteiger partial charge in [0.25, 0.3) is 5.56 Å². The van der Waals surface area contributed by atoms with E-state index in [-0.39, 0.29) is 16.7 Å². The number of H-pyrrole nitrogens is 1. The maximum absolute atomic E-state index is 12.3. The quantitative estimate of drug-likeness (QED) is 0.228. The van der Waals surface area contributed by atoms with Crippen molar-refractivity contribution in [1.29, 1.82) is 0 Å². The Balaban J connectivity index is 0.00000226. The Hall–Kier alpha value is -3.85. The first-order valence-corrected chi connectivity index (χ1v) is 14.4. The van der Waals surface area contributed by atoms with Crippen LogP contribution in [0.25, 0.3) is 17.0 Å². The highest BCUT2D eigenvalue weighted by atomic mass is 16.5. The Bertz CT molecular complexity index is 1450. The molecule has 4 aromatic rings. The van der Waals surface area contributed by atoms with Crippen LogP contribution in [0.2, 0.25) is 0 Å². The minimum atomic E-state index is -0.218. The van der Waals surface area contributed by atoms with E-state index in [9.17, 15) is 9.90 Å². The van der Waals surface area contributed by atoms with Gasteiger partial charge in [-0.05, 0) is 75.1 Å². The van der Waals surface area contributed by atoms with E-state index in [1.54, 1.807) is 16.6 Å². The van der Waals surface area contributed by atoms with Gasteiger partial charge in [0.15, 0.2) is 11.5 Å². The molecule has 0 radical (unpaired) electrons. The van der Waals surface area contributed by atoms with Crippen LogP contribution in [0.4, 0.5) is 5.95 Å². The molecular formula is C32H46N6O3. The summed E-state index contributed by atoms with van der Waals surface area (Å²) >= 11 is 0. The van der Waals surface area contributed by atoms with E-state index in [4.69, 9.17) is 14.7 Å². The van der Waals surface area contributed by atoms with Crippen LogP contribution in [0.1, 0.15) is 58.6 Å². The largest absolute Gasteiger partial charge is 0.508 e. The van der Waals surface area contributed by atoms with E-state index in [0.29, 0.717) is 30.6 Å². The number of rotatable bonds is 11. The number of nitrogens with one attached hydrogen (secondary N) is 1. The van der Waals surface area contributed by atoms with Crippen LogP contribution in [-0.4, -0.2) is 69.9 Å². The summed E-state index contributed by atoms with van der Waals surface area (Å²) in [5.74, 6) is 2.21. The molecule has 2 N–H and O–H groups in total. The van der Waals surface area contributed by atoms with Crippen molar-refractivity contribution < 1.29 is 9.84 Å². The molecule has 9 nitrogen and oxygen atoms in total. The van der Waals surface area contributed by atoms with Crippen LogP contribution >= 0.6 is 0 Å². The second kappa shape index (κ2) is 14.2. The van der Waals surface area contributed by atoms with Gasteiger partial charge >= 0.3 is 0 Å². The first kappa shape index (κ1) is 31.7. The fourth-order valence-electron chi connectivity index (χ4n) is 4.41. The summed E-state index contributed by atoms with van der Waals surface area (Å²) in [5, 5.41) is 12.6. The Kier molecular flexibility index (Phi) is 10.9. The predicted octanol–water partition coefficient (Wildman–Crippen LogP) is 5.65. The van der Waals surface area contributed by atoms with E-state index in [1.807, 2.05) is 39.0 Å². The molecule has 2 aromatic carbocycles. The lowest BCUT2D eigenvalue weighted by Crippen LogP contribution is -2.32. The number of phenols is 1. The van der Waals surface area contributed by atoms with Crippen molar-refractivity contribution in [3.05, 3.63) is 70.0 Å². The third-order valence-corrected chi connectivity index (χ3v) is 6.67. The molecule has 0 saturated heterocycles. The maximum atomic E-state index is 12.3. The fraction of sp³-hybridized carbons (Fsp3) is 0.469. The number of aromatic amines is 1. The van der Waals surface area contributed by atoms with Crippen molar-refractivity contribution in [1.82, 2.24) is 24.5 Å². The average molecular weight is 563 g/mol. The van der Waals surface area contributed by atoms with Gasteiger partial charge in [-0.1, -0.05) is 58.9 Å². The standard InChI is InChI=1S/C30H40N6O3.C2H6/c1-21-19-24(13-14-25(21)37)39-18-8-17-35(16-7-15-34(5)6)29-32-28(31-26-20-27(38)33-36(26)29)22-9-11-23(12-10-22)30(2,3)4;1-2/h9-14,19-20,37H,7-8,15-18H2,1-6H3,(H,33,38);1-2H3. The van der Waals surface area contributed by atoms with Gasteiger partial charge in [0.1, 0.15) is 11.5 Å². The molecule has 41 heavy (non-hydrogen) atoms. The number of nitrogens with zero attached hydrogens (tertiary/aromatic N) is 5. The second-order valence-corrected chi connectivity index (χ2v) is 11.3. The zero-order valence-corrected chi connectivity index (χ0v) is 25.9. The number of hydrogen-bond acceptors (Lipinski definition) is 7. The van der Waals surface area contributed by atoms with E-state index < -0.39 is 0 Å². The normalized spacial score (nSPS) is 11.4. The molecule has 0 aliphatic heterocycles. The summed E-state index contributed by atoms with van der Waals surface area (Å²) in [4.78, 5) is 26.3. The summed E-state index contributed by atoms with van der Waals surface area (Å²) in [7, 11) is 4.12. The number of benzene rings is 2. The maximum Gasteiger partial charge on any atom is 0.266 e. The number of anilines is 1. The smallest absolute Gasteiger partial charge is 0.266 e. The third-order valence-electron chi connectivity index (χ3n) is 6.67. The lowest BCUT2D eigenvalue weighted by atomic mass is 9.87. The molecule has 2 aromatic heterocycles. The Morgan fingerprint density at radius 1 is 0.951 bits per heavy atom. The number of fused-ring (bicyclic) bond motifs is 1. The van der Waals surface area contributed by atoms with Crippen molar-refractivity contribution in [3.63, 3.8) is 0 Å². The molecule has 0 saturated carbocycles. The Morgan fingerprint density at radius 2 is 1.63 bits per heavy atom. The van der Waals surface area contributed by atoms with E-state index in [1.165, 1.54) is 11.6 Å². The summed E-state index contributed by atoms with van der Waals surface area (Å²) in [5.41, 5.74) is 3.28. The molecule has 222 valence electrons. The Labute approximate surface area is 243 Å². The number of aryl methyl sites for hydroxylation is 1. The molecule has 0 fully saturated rings. The van der Waals surface area contributed by atoms with Crippen molar-refractivity contribution in [3.8, 4) is 22.9 Å².